The number of aromatic nitrogens is 3. The van der Waals surface area contributed by atoms with E-state index < -0.39 is 12.1 Å². The van der Waals surface area contributed by atoms with Crippen LogP contribution in [0.3, 0.4) is 0 Å². The van der Waals surface area contributed by atoms with Crippen LogP contribution in [0.25, 0.3) is 11.4 Å². The summed E-state index contributed by atoms with van der Waals surface area (Å²) in [5.41, 5.74) is 1.41. The van der Waals surface area contributed by atoms with E-state index in [1.54, 1.807) is 6.21 Å². The molecule has 102 valence electrons. The molecular weight excluding hydrogens is 275 g/mol. The molecule has 0 unspecified atom stereocenters. The predicted molar refractivity (Wildman–Crippen MR) is 62.4 cm³/mol. The van der Waals surface area contributed by atoms with Crippen molar-refractivity contribution in [1.29, 1.82) is 0 Å². The molecule has 0 saturated heterocycles. The minimum absolute atomic E-state index is 0.156. The van der Waals surface area contributed by atoms with Crippen molar-refractivity contribution in [1.82, 2.24) is 15.1 Å². The molecule has 0 atom stereocenters. The molecule has 0 spiro atoms. The number of rotatable bonds is 2. The third kappa shape index (κ3) is 2.29. The van der Waals surface area contributed by atoms with E-state index in [0.717, 1.165) is 0 Å². The van der Waals surface area contributed by atoms with Crippen LogP contribution < -0.4 is 0 Å². The van der Waals surface area contributed by atoms with Gasteiger partial charge >= 0.3 is 12.1 Å². The van der Waals surface area contributed by atoms with Crippen LogP contribution in [-0.4, -0.2) is 33.7 Å². The molecule has 2 aromatic rings. The van der Waals surface area contributed by atoms with Crippen LogP contribution in [-0.2, 0) is 6.18 Å². The number of nitrogens with zero attached hydrogens (tertiary/aromatic N) is 5. The zero-order chi connectivity index (χ0) is 14.2. The lowest BCUT2D eigenvalue weighted by Crippen LogP contribution is -2.05. The van der Waals surface area contributed by atoms with E-state index in [0.29, 0.717) is 23.6 Å². The van der Waals surface area contributed by atoms with Crippen molar-refractivity contribution < 1.29 is 17.7 Å². The Hall–Kier alpha value is -2.58. The predicted octanol–water partition coefficient (Wildman–Crippen LogP) is 1.98. The van der Waals surface area contributed by atoms with Crippen molar-refractivity contribution in [2.24, 2.45) is 9.98 Å². The van der Waals surface area contributed by atoms with Crippen LogP contribution in [0.15, 0.2) is 32.8 Å². The first-order chi connectivity index (χ1) is 9.54. The van der Waals surface area contributed by atoms with Gasteiger partial charge < -0.3 is 4.52 Å². The zero-order valence-electron chi connectivity index (χ0n) is 9.79. The molecule has 6 nitrogen and oxygen atoms in total. The number of hydrogen-bond donors (Lipinski definition) is 0. The van der Waals surface area contributed by atoms with E-state index in [1.165, 1.54) is 18.3 Å². The van der Waals surface area contributed by atoms with Gasteiger partial charge in [-0.1, -0.05) is 5.16 Å². The lowest BCUT2D eigenvalue weighted by molar-refractivity contribution is -0.159. The second kappa shape index (κ2) is 4.51. The molecule has 1 aliphatic heterocycles. The Kier molecular flexibility index (Phi) is 2.81. The Bertz CT molecular complexity index is 704. The van der Waals surface area contributed by atoms with E-state index in [9.17, 15) is 13.2 Å². The molecule has 0 saturated carbocycles. The van der Waals surface area contributed by atoms with Gasteiger partial charge in [0.05, 0.1) is 11.9 Å². The van der Waals surface area contributed by atoms with Crippen LogP contribution in [0.1, 0.15) is 11.6 Å². The number of pyridine rings is 1. The Labute approximate surface area is 110 Å². The third-order valence-electron chi connectivity index (χ3n) is 2.49. The molecule has 0 aliphatic carbocycles. The van der Waals surface area contributed by atoms with Gasteiger partial charge in [-0.2, -0.15) is 18.2 Å². The zero-order valence-corrected chi connectivity index (χ0v) is 9.79. The molecule has 20 heavy (non-hydrogen) atoms. The van der Waals surface area contributed by atoms with Gasteiger partial charge in [-0.05, 0) is 12.1 Å². The van der Waals surface area contributed by atoms with Crippen molar-refractivity contribution in [2.75, 3.05) is 6.67 Å². The maximum Gasteiger partial charge on any atom is 0.471 e. The first kappa shape index (κ1) is 12.5. The minimum atomic E-state index is -4.66. The van der Waals surface area contributed by atoms with E-state index in [-0.39, 0.29) is 5.82 Å². The third-order valence-corrected chi connectivity index (χ3v) is 2.49. The van der Waals surface area contributed by atoms with Crippen LogP contribution in [0, 0.1) is 0 Å². The number of aliphatic imine (C=N–C) groups is 2. The van der Waals surface area contributed by atoms with E-state index in [2.05, 4.69) is 29.6 Å². The number of hydrogen-bond acceptors (Lipinski definition) is 6. The second-order valence-corrected chi connectivity index (χ2v) is 3.85. The standard InChI is InChI=1S/C11H6F3N5O/c12-11(13,14)10-18-9(19-20-10)6-1-2-16-7(3-6)8-4-15-5-17-8/h1-4H,5H2. The second-order valence-electron chi connectivity index (χ2n) is 3.85. The summed E-state index contributed by atoms with van der Waals surface area (Å²) in [7, 11) is 0. The van der Waals surface area contributed by atoms with E-state index in [4.69, 9.17) is 0 Å². The van der Waals surface area contributed by atoms with Gasteiger partial charge in [0.2, 0.25) is 5.82 Å². The molecular formula is C11H6F3N5O. The van der Waals surface area contributed by atoms with Gasteiger partial charge in [-0.3, -0.25) is 15.0 Å². The molecule has 3 heterocycles. The van der Waals surface area contributed by atoms with Gasteiger partial charge in [0.15, 0.2) is 0 Å². The van der Waals surface area contributed by atoms with E-state index >= 15 is 0 Å². The highest BCUT2D eigenvalue weighted by Crippen LogP contribution is 2.29. The van der Waals surface area contributed by atoms with Crippen molar-refractivity contribution in [3.05, 3.63) is 29.9 Å². The smallest absolute Gasteiger partial charge is 0.329 e. The quantitative estimate of drug-likeness (QED) is 0.843. The van der Waals surface area contributed by atoms with E-state index in [1.807, 2.05) is 0 Å². The highest BCUT2D eigenvalue weighted by molar-refractivity contribution is 6.38. The lowest BCUT2D eigenvalue weighted by atomic mass is 10.2. The average Bonchev–Trinajstić information content (AvgIpc) is 3.10. The Morgan fingerprint density at radius 2 is 2.10 bits per heavy atom. The normalized spacial score (nSPS) is 14.7. The number of alkyl halides is 3. The average molecular weight is 281 g/mol. The molecule has 0 amide bonds. The maximum absolute atomic E-state index is 12.4. The summed E-state index contributed by atoms with van der Waals surface area (Å²) in [6.45, 7) is 0.321. The molecule has 1 aliphatic rings. The van der Waals surface area contributed by atoms with Crippen LogP contribution in [0.4, 0.5) is 13.2 Å². The Balaban J connectivity index is 1.96. The topological polar surface area (TPSA) is 76.5 Å². The molecule has 0 fully saturated rings. The van der Waals surface area contributed by atoms with Crippen molar-refractivity contribution in [3.63, 3.8) is 0 Å². The summed E-state index contributed by atoms with van der Waals surface area (Å²) in [5, 5.41) is 3.31. The monoisotopic (exact) mass is 281 g/mol. The van der Waals surface area contributed by atoms with Crippen LogP contribution in [0.2, 0.25) is 0 Å². The Morgan fingerprint density at radius 1 is 1.25 bits per heavy atom. The fourth-order valence-corrected chi connectivity index (χ4v) is 1.60. The molecule has 0 radical (unpaired) electrons. The van der Waals surface area contributed by atoms with Crippen LogP contribution >= 0.6 is 0 Å². The first-order valence-electron chi connectivity index (χ1n) is 5.46. The summed E-state index contributed by atoms with van der Waals surface area (Å²) in [6, 6.07) is 3.02. The number of halogens is 3. The van der Waals surface area contributed by atoms with Gasteiger partial charge in [0.25, 0.3) is 0 Å². The van der Waals surface area contributed by atoms with Gasteiger partial charge in [-0.15, -0.1) is 0 Å². The maximum atomic E-state index is 12.4. The summed E-state index contributed by atoms with van der Waals surface area (Å²) in [4.78, 5) is 15.4. The molecule has 9 heteroatoms. The van der Waals surface area contributed by atoms with Crippen LogP contribution in [0.5, 0.6) is 0 Å². The summed E-state index contributed by atoms with van der Waals surface area (Å²) in [6.07, 6.45) is -1.68. The Morgan fingerprint density at radius 3 is 2.75 bits per heavy atom. The highest BCUT2D eigenvalue weighted by atomic mass is 19.4. The molecule has 0 aromatic carbocycles. The summed E-state index contributed by atoms with van der Waals surface area (Å²) >= 11 is 0. The van der Waals surface area contributed by atoms with Gasteiger partial charge in [0.1, 0.15) is 12.4 Å². The van der Waals surface area contributed by atoms with Crippen molar-refractivity contribution >= 4 is 11.9 Å². The highest BCUT2D eigenvalue weighted by Gasteiger charge is 2.38. The molecule has 2 aromatic heterocycles. The van der Waals surface area contributed by atoms with Crippen molar-refractivity contribution in [3.8, 4) is 11.4 Å². The van der Waals surface area contributed by atoms with Gasteiger partial charge in [-0.25, -0.2) is 0 Å². The summed E-state index contributed by atoms with van der Waals surface area (Å²) in [5.74, 6) is -1.54. The lowest BCUT2D eigenvalue weighted by Gasteiger charge is -1.99. The fraction of sp³-hybridized carbons (Fsp3) is 0.182. The summed E-state index contributed by atoms with van der Waals surface area (Å²) < 4.78 is 41.4. The molecule has 0 N–H and O–H groups in total. The SMILES string of the molecule is FC(F)(F)c1nc(-c2ccnc(C3=NCN=C3)c2)no1. The van der Waals surface area contributed by atoms with Gasteiger partial charge in [0, 0.05) is 11.8 Å². The fourth-order valence-electron chi connectivity index (χ4n) is 1.60. The molecule has 0 bridgehead atoms. The van der Waals surface area contributed by atoms with Crippen molar-refractivity contribution in [2.45, 2.75) is 6.18 Å². The molecule has 3 rings (SSSR count). The minimum Gasteiger partial charge on any atom is -0.329 e. The first-order valence-corrected chi connectivity index (χ1v) is 5.46. The largest absolute Gasteiger partial charge is 0.471 e.